The quantitative estimate of drug-likeness (QED) is 0.913. The zero-order valence-electron chi connectivity index (χ0n) is 11.8. The van der Waals surface area contributed by atoms with Crippen LogP contribution in [0.15, 0.2) is 18.2 Å². The number of nitrogens with one attached hydrogen (secondary N) is 1. The molecule has 2 aromatic rings. The van der Waals surface area contributed by atoms with Gasteiger partial charge in [0.25, 0.3) is 0 Å². The molecule has 2 aliphatic rings. The first-order valence-electron chi connectivity index (χ1n) is 7.40. The van der Waals surface area contributed by atoms with E-state index in [1.54, 1.807) is 11.3 Å². The zero-order valence-corrected chi connectivity index (χ0v) is 12.6. The summed E-state index contributed by atoms with van der Waals surface area (Å²) < 4.78 is 1.11. The third-order valence-electron chi connectivity index (χ3n) is 4.25. The highest BCUT2D eigenvalue weighted by Gasteiger charge is 2.45. The first kappa shape index (κ1) is 13.0. The zero-order chi connectivity index (χ0) is 14.4. The van der Waals surface area contributed by atoms with E-state index in [1.165, 1.54) is 12.8 Å². The van der Waals surface area contributed by atoms with E-state index in [0.717, 1.165) is 47.0 Å². The summed E-state index contributed by atoms with van der Waals surface area (Å²) in [4.78, 5) is 19.0. The smallest absolute Gasteiger partial charge is 0.244 e. The number of rotatable bonds is 3. The molecule has 1 aliphatic carbocycles. The van der Waals surface area contributed by atoms with E-state index in [-0.39, 0.29) is 5.91 Å². The summed E-state index contributed by atoms with van der Waals surface area (Å²) in [6.45, 7) is 2.19. The van der Waals surface area contributed by atoms with Crippen LogP contribution < -0.4 is 16.0 Å². The predicted molar refractivity (Wildman–Crippen MR) is 85.8 cm³/mol. The average Bonchev–Trinajstić information content (AvgIpc) is 2.94. The molecule has 1 saturated carbocycles. The Kier molecular flexibility index (Phi) is 2.90. The Hall–Kier alpha value is -1.66. The van der Waals surface area contributed by atoms with Crippen molar-refractivity contribution in [1.29, 1.82) is 0 Å². The lowest BCUT2D eigenvalue weighted by Gasteiger charge is -2.11. The molecule has 0 bridgehead atoms. The first-order chi connectivity index (χ1) is 10.1. The van der Waals surface area contributed by atoms with Crippen LogP contribution in [0.25, 0.3) is 10.2 Å². The number of carbonyl (C=O) groups excluding carboxylic acids is 1. The molecule has 1 amide bonds. The summed E-state index contributed by atoms with van der Waals surface area (Å²) in [7, 11) is 0. The highest BCUT2D eigenvalue weighted by molar-refractivity contribution is 7.22. The van der Waals surface area contributed by atoms with Gasteiger partial charge in [-0.15, -0.1) is 0 Å². The fourth-order valence-corrected chi connectivity index (χ4v) is 3.71. The Morgan fingerprint density at radius 2 is 2.10 bits per heavy atom. The molecular weight excluding hydrogens is 284 g/mol. The third kappa shape index (κ3) is 2.38. The van der Waals surface area contributed by atoms with Gasteiger partial charge in [0.1, 0.15) is 0 Å². The molecule has 5 nitrogen and oxygen atoms in total. The van der Waals surface area contributed by atoms with E-state index in [1.807, 2.05) is 18.2 Å². The Labute approximate surface area is 127 Å². The van der Waals surface area contributed by atoms with Gasteiger partial charge in [0.2, 0.25) is 5.91 Å². The van der Waals surface area contributed by atoms with Crippen molar-refractivity contribution < 1.29 is 4.79 Å². The van der Waals surface area contributed by atoms with Crippen LogP contribution in [0.2, 0.25) is 0 Å². The van der Waals surface area contributed by atoms with Crippen molar-refractivity contribution in [2.24, 2.45) is 5.73 Å². The Balaban J connectivity index is 1.58. The minimum atomic E-state index is -0.636. The second-order valence-corrected chi connectivity index (χ2v) is 6.99. The van der Waals surface area contributed by atoms with E-state index < -0.39 is 5.54 Å². The van der Waals surface area contributed by atoms with Crippen LogP contribution >= 0.6 is 11.3 Å². The number of nitrogens with zero attached hydrogens (tertiary/aromatic N) is 2. The highest BCUT2D eigenvalue weighted by Crippen LogP contribution is 2.35. The molecule has 1 saturated heterocycles. The van der Waals surface area contributed by atoms with Crippen molar-refractivity contribution in [2.45, 2.75) is 31.2 Å². The maximum atomic E-state index is 12.0. The number of hydrogen-bond acceptors (Lipinski definition) is 5. The fraction of sp³-hybridized carbons (Fsp3) is 0.467. The Bertz CT molecular complexity index is 701. The molecular formula is C15H18N4OS. The standard InChI is InChI=1S/C15H18N4OS/c16-15(5-6-15)13(20)17-10-3-4-11-12(9-10)21-14(18-11)19-7-1-2-8-19/h3-4,9H,1-2,5-8,16H2,(H,17,20). The van der Waals surface area contributed by atoms with Crippen molar-refractivity contribution in [3.8, 4) is 0 Å². The van der Waals surface area contributed by atoms with E-state index in [4.69, 9.17) is 5.73 Å². The van der Waals surface area contributed by atoms with Crippen LogP contribution in [0.5, 0.6) is 0 Å². The van der Waals surface area contributed by atoms with Gasteiger partial charge in [-0.3, -0.25) is 4.79 Å². The SMILES string of the molecule is NC1(C(=O)Nc2ccc3nc(N4CCCC4)sc3c2)CC1. The second kappa shape index (κ2) is 4.68. The molecule has 1 aromatic carbocycles. The van der Waals surface area contributed by atoms with Crippen molar-refractivity contribution in [3.63, 3.8) is 0 Å². The molecule has 0 radical (unpaired) electrons. The van der Waals surface area contributed by atoms with Crippen LogP contribution in [-0.4, -0.2) is 29.5 Å². The van der Waals surface area contributed by atoms with Crippen LogP contribution in [0.3, 0.4) is 0 Å². The van der Waals surface area contributed by atoms with Crippen LogP contribution in [-0.2, 0) is 4.79 Å². The molecule has 21 heavy (non-hydrogen) atoms. The largest absolute Gasteiger partial charge is 0.348 e. The second-order valence-electron chi connectivity index (χ2n) is 5.98. The molecule has 1 aliphatic heterocycles. The van der Waals surface area contributed by atoms with Gasteiger partial charge in [-0.2, -0.15) is 0 Å². The number of amides is 1. The van der Waals surface area contributed by atoms with Crippen LogP contribution in [0.4, 0.5) is 10.8 Å². The topological polar surface area (TPSA) is 71.2 Å². The van der Waals surface area contributed by atoms with Gasteiger partial charge in [-0.1, -0.05) is 11.3 Å². The monoisotopic (exact) mass is 302 g/mol. The molecule has 3 N–H and O–H groups in total. The number of thiazole rings is 1. The average molecular weight is 302 g/mol. The summed E-state index contributed by atoms with van der Waals surface area (Å²) in [5.41, 5.74) is 7.07. The number of nitrogens with two attached hydrogens (primary N) is 1. The first-order valence-corrected chi connectivity index (χ1v) is 8.22. The third-order valence-corrected chi connectivity index (χ3v) is 5.33. The van der Waals surface area contributed by atoms with Gasteiger partial charge in [0, 0.05) is 18.8 Å². The molecule has 1 aromatic heterocycles. The van der Waals surface area contributed by atoms with Gasteiger partial charge >= 0.3 is 0 Å². The van der Waals surface area contributed by atoms with Crippen molar-refractivity contribution in [3.05, 3.63) is 18.2 Å². The maximum Gasteiger partial charge on any atom is 0.244 e. The normalized spacial score (nSPS) is 20.0. The predicted octanol–water partition coefficient (Wildman–Crippen LogP) is 2.33. The summed E-state index contributed by atoms with van der Waals surface area (Å²) in [6, 6.07) is 5.87. The molecule has 4 rings (SSSR count). The summed E-state index contributed by atoms with van der Waals surface area (Å²) in [6.07, 6.45) is 4.05. The molecule has 6 heteroatoms. The molecule has 0 atom stereocenters. The van der Waals surface area contributed by atoms with E-state index in [0.29, 0.717) is 0 Å². The molecule has 2 fully saturated rings. The lowest BCUT2D eigenvalue weighted by molar-refractivity contribution is -0.118. The van der Waals surface area contributed by atoms with Crippen LogP contribution in [0, 0.1) is 0 Å². The highest BCUT2D eigenvalue weighted by atomic mass is 32.1. The molecule has 2 heterocycles. The molecule has 110 valence electrons. The van der Waals surface area contributed by atoms with Gasteiger partial charge in [0.15, 0.2) is 5.13 Å². The Morgan fingerprint density at radius 1 is 1.33 bits per heavy atom. The summed E-state index contributed by atoms with van der Waals surface area (Å²) >= 11 is 1.69. The van der Waals surface area contributed by atoms with Gasteiger partial charge in [-0.25, -0.2) is 4.98 Å². The van der Waals surface area contributed by atoms with Crippen molar-refractivity contribution in [1.82, 2.24) is 4.98 Å². The van der Waals surface area contributed by atoms with E-state index in [2.05, 4.69) is 15.2 Å². The number of fused-ring (bicyclic) bond motifs is 1. The number of carbonyl (C=O) groups is 1. The number of anilines is 2. The minimum Gasteiger partial charge on any atom is -0.348 e. The Morgan fingerprint density at radius 3 is 2.81 bits per heavy atom. The number of benzene rings is 1. The fourth-order valence-electron chi connectivity index (χ4n) is 2.65. The van der Waals surface area contributed by atoms with Crippen molar-refractivity contribution in [2.75, 3.05) is 23.3 Å². The summed E-state index contributed by atoms with van der Waals surface area (Å²) in [5.74, 6) is -0.0777. The van der Waals surface area contributed by atoms with E-state index in [9.17, 15) is 4.79 Å². The minimum absolute atomic E-state index is 0.0777. The van der Waals surface area contributed by atoms with Crippen LogP contribution in [0.1, 0.15) is 25.7 Å². The molecule has 0 spiro atoms. The summed E-state index contributed by atoms with van der Waals surface area (Å²) in [5, 5.41) is 4.00. The number of hydrogen-bond donors (Lipinski definition) is 2. The van der Waals surface area contributed by atoms with Gasteiger partial charge in [-0.05, 0) is 43.9 Å². The maximum absolute atomic E-state index is 12.0. The lowest BCUT2D eigenvalue weighted by Crippen LogP contribution is -2.37. The number of aromatic nitrogens is 1. The van der Waals surface area contributed by atoms with E-state index >= 15 is 0 Å². The van der Waals surface area contributed by atoms with Crippen molar-refractivity contribution >= 4 is 38.3 Å². The van der Waals surface area contributed by atoms with Gasteiger partial charge < -0.3 is 16.0 Å². The molecule has 0 unspecified atom stereocenters. The lowest BCUT2D eigenvalue weighted by atomic mass is 10.2. The van der Waals surface area contributed by atoms with Gasteiger partial charge in [0.05, 0.1) is 15.8 Å².